The number of nitrogens with zero attached hydrogens (tertiary/aromatic N) is 2. The fourth-order valence-electron chi connectivity index (χ4n) is 3.34. The fourth-order valence-corrected chi connectivity index (χ4v) is 3.43. The van der Waals surface area contributed by atoms with Gasteiger partial charge in [0.2, 0.25) is 5.43 Å². The normalized spacial score (nSPS) is 14.5. The molecule has 0 radical (unpaired) electrons. The highest BCUT2D eigenvalue weighted by Gasteiger charge is 2.19. The molecule has 13 heteroatoms. The molecule has 1 aliphatic rings. The number of alkyl halides is 2. The Labute approximate surface area is 206 Å². The number of nitrogens with one attached hydrogen (secondary N) is 2. The van der Waals surface area contributed by atoms with E-state index in [9.17, 15) is 32.7 Å². The molecule has 0 saturated carbocycles. The van der Waals surface area contributed by atoms with Gasteiger partial charge in [-0.3, -0.25) is 15.1 Å². The van der Waals surface area contributed by atoms with Crippen molar-refractivity contribution in [2.24, 2.45) is 0 Å². The molecular formula is C22H28F4N4O4S. The summed E-state index contributed by atoms with van der Waals surface area (Å²) in [5.41, 5.74) is -0.385. The second-order valence-electron chi connectivity index (χ2n) is 7.66. The van der Waals surface area contributed by atoms with Crippen LogP contribution >= 0.6 is 12.2 Å². The summed E-state index contributed by atoms with van der Waals surface area (Å²) in [7, 11) is 0. The molecule has 8 nitrogen and oxygen atoms in total. The molecule has 1 heterocycles. The summed E-state index contributed by atoms with van der Waals surface area (Å²) in [6, 6.07) is 7.43. The van der Waals surface area contributed by atoms with E-state index in [1.807, 2.05) is 4.90 Å². The van der Waals surface area contributed by atoms with Crippen molar-refractivity contribution in [3.8, 4) is 0 Å². The lowest BCUT2D eigenvalue weighted by Crippen LogP contribution is -2.40. The van der Waals surface area contributed by atoms with Crippen LogP contribution in [-0.2, 0) is 4.74 Å². The molecule has 0 spiro atoms. The number of halogens is 4. The zero-order valence-corrected chi connectivity index (χ0v) is 19.2. The predicted octanol–water partition coefficient (Wildman–Crippen LogP) is 3.14. The summed E-state index contributed by atoms with van der Waals surface area (Å²) in [5.74, 6) is -2.10. The largest absolute Gasteiger partial charge is 0.389 e. The Kier molecular flexibility index (Phi) is 9.20. The number of thiocarbonyl (C=S) groups is 1. The minimum Gasteiger partial charge on any atom is -0.389 e. The van der Waals surface area contributed by atoms with E-state index in [-0.39, 0.29) is 19.7 Å². The van der Waals surface area contributed by atoms with Crippen LogP contribution < -0.4 is 26.0 Å². The molecule has 35 heavy (non-hydrogen) atoms. The molecule has 0 aliphatic carbocycles. The second kappa shape index (κ2) is 12.1. The van der Waals surface area contributed by atoms with Crippen molar-refractivity contribution in [3.05, 3.63) is 58.3 Å². The van der Waals surface area contributed by atoms with Gasteiger partial charge >= 0.3 is 0 Å². The molecule has 1 atom stereocenters. The van der Waals surface area contributed by atoms with Gasteiger partial charge in [-0.25, -0.2) is 17.6 Å². The Bertz CT molecular complexity index is 1090. The highest BCUT2D eigenvalue weighted by atomic mass is 32.1. The zero-order valence-electron chi connectivity index (χ0n) is 18.4. The third-order valence-corrected chi connectivity index (χ3v) is 5.45. The number of morpholine rings is 1. The lowest BCUT2D eigenvalue weighted by Gasteiger charge is -2.27. The first kappa shape index (κ1) is 26.6. The second-order valence-corrected chi connectivity index (χ2v) is 8.10. The molecule has 1 saturated heterocycles. The van der Waals surface area contributed by atoms with Gasteiger partial charge in [0, 0.05) is 40.3 Å². The smallest absolute Gasteiger partial charge is 0.288 e. The molecule has 4 N–H and O–H groups in total. The van der Waals surface area contributed by atoms with Crippen LogP contribution in [0.5, 0.6) is 0 Å². The van der Waals surface area contributed by atoms with Gasteiger partial charge in [-0.05, 0) is 24.3 Å². The van der Waals surface area contributed by atoms with Gasteiger partial charge in [0.15, 0.2) is 11.6 Å². The maximum atomic E-state index is 14.7. The number of aliphatic hydroxyl groups is 1. The molecule has 2 aromatic rings. The summed E-state index contributed by atoms with van der Waals surface area (Å²) in [5, 5.41) is 25.0. The van der Waals surface area contributed by atoms with Gasteiger partial charge in [-0.15, -0.1) is 0 Å². The van der Waals surface area contributed by atoms with E-state index in [1.54, 1.807) is 6.07 Å². The minimum atomic E-state index is -2.90. The van der Waals surface area contributed by atoms with Crippen LogP contribution in [0.15, 0.2) is 41.2 Å². The SMILES string of the molecule is O=c1ccc(Nc2c(F)cc(N(O)C[C@@H](O)CNC(=S)C(F)F)cc2F)ccc1N1CCOCC1.[HH].[HH]. The standard InChI is InChI=1S/C22H24F4N4O4S.2H2/c23-16-9-14(30(33)12-15(31)11-27-22(35)21(25)26)10-17(24)20(16)28-13-1-3-18(19(32)4-2-13)29-5-7-34-8-6-29;;/h1-4,9-10,15,21,28,31,33H,5-8,11-12H2,(H,27,35);2*1H/t15-;;/m0../s1. The summed E-state index contributed by atoms with van der Waals surface area (Å²) in [6.45, 7) is 1.15. The van der Waals surface area contributed by atoms with E-state index in [0.717, 1.165) is 12.1 Å². The minimum absolute atomic E-state index is 0. The van der Waals surface area contributed by atoms with Crippen molar-refractivity contribution < 1.29 is 35.5 Å². The Hall–Kier alpha value is -3.00. The van der Waals surface area contributed by atoms with Gasteiger partial charge < -0.3 is 25.4 Å². The topological polar surface area (TPSA) is 97.3 Å². The number of anilines is 4. The van der Waals surface area contributed by atoms with Crippen LogP contribution in [0.25, 0.3) is 0 Å². The monoisotopic (exact) mass is 520 g/mol. The first-order valence-electron chi connectivity index (χ1n) is 10.6. The molecule has 2 aromatic carbocycles. The molecule has 1 fully saturated rings. The van der Waals surface area contributed by atoms with Crippen molar-refractivity contribution in [1.29, 1.82) is 0 Å². The Morgan fingerprint density at radius 1 is 1.17 bits per heavy atom. The average molecular weight is 521 g/mol. The lowest BCUT2D eigenvalue weighted by atomic mass is 10.2. The van der Waals surface area contributed by atoms with Gasteiger partial charge in [-0.2, -0.15) is 0 Å². The highest BCUT2D eigenvalue weighted by Crippen LogP contribution is 2.28. The van der Waals surface area contributed by atoms with E-state index in [2.05, 4.69) is 22.9 Å². The van der Waals surface area contributed by atoms with Crippen LogP contribution in [0.4, 0.5) is 40.3 Å². The van der Waals surface area contributed by atoms with Crippen LogP contribution in [0, 0.1) is 11.6 Å². The van der Waals surface area contributed by atoms with Crippen molar-refractivity contribution >= 4 is 40.0 Å². The summed E-state index contributed by atoms with van der Waals surface area (Å²) >= 11 is 4.38. The first-order valence-corrected chi connectivity index (χ1v) is 11.0. The van der Waals surface area contributed by atoms with Crippen molar-refractivity contribution in [1.82, 2.24) is 5.32 Å². The summed E-state index contributed by atoms with van der Waals surface area (Å²) in [6.07, 6.45) is -4.27. The van der Waals surface area contributed by atoms with Crippen LogP contribution in [0.2, 0.25) is 0 Å². The number of ether oxygens (including phenoxy) is 1. The van der Waals surface area contributed by atoms with Gasteiger partial charge in [0.05, 0.1) is 37.2 Å². The number of hydrogen-bond donors (Lipinski definition) is 4. The van der Waals surface area contributed by atoms with Gasteiger partial charge in [0.25, 0.3) is 6.43 Å². The number of hydrogen-bond acceptors (Lipinski definition) is 8. The highest BCUT2D eigenvalue weighted by molar-refractivity contribution is 7.80. The van der Waals surface area contributed by atoms with E-state index in [1.165, 1.54) is 18.2 Å². The van der Waals surface area contributed by atoms with E-state index >= 15 is 0 Å². The Morgan fingerprint density at radius 3 is 2.43 bits per heavy atom. The van der Waals surface area contributed by atoms with Crippen LogP contribution in [0.1, 0.15) is 2.85 Å². The molecule has 194 valence electrons. The van der Waals surface area contributed by atoms with Crippen LogP contribution in [-0.4, -0.2) is 67.2 Å². The maximum Gasteiger partial charge on any atom is 0.288 e. The third kappa shape index (κ3) is 7.24. The summed E-state index contributed by atoms with van der Waals surface area (Å²) < 4.78 is 59.4. The molecule has 0 aromatic heterocycles. The molecular weight excluding hydrogens is 492 g/mol. The van der Waals surface area contributed by atoms with Gasteiger partial charge in [0.1, 0.15) is 10.7 Å². The number of hydroxylamine groups is 1. The number of benzene rings is 1. The fraction of sp³-hybridized carbons (Fsp3) is 0.364. The Balaban J connectivity index is 0.00000342. The molecule has 0 unspecified atom stereocenters. The first-order chi connectivity index (χ1) is 16.7. The van der Waals surface area contributed by atoms with Gasteiger partial charge in [-0.1, -0.05) is 12.2 Å². The molecule has 3 rings (SSSR count). The van der Waals surface area contributed by atoms with Crippen molar-refractivity contribution in [2.75, 3.05) is 54.7 Å². The predicted molar refractivity (Wildman–Crippen MR) is 131 cm³/mol. The van der Waals surface area contributed by atoms with Crippen molar-refractivity contribution in [3.63, 3.8) is 0 Å². The van der Waals surface area contributed by atoms with E-state index in [0.29, 0.717) is 37.1 Å². The average Bonchev–Trinajstić information content (AvgIpc) is 3.01. The third-order valence-electron chi connectivity index (χ3n) is 5.13. The lowest BCUT2D eigenvalue weighted by molar-refractivity contribution is 0.122. The zero-order chi connectivity index (χ0) is 25.5. The summed E-state index contributed by atoms with van der Waals surface area (Å²) in [4.78, 5) is 13.5. The van der Waals surface area contributed by atoms with E-state index < -0.39 is 47.9 Å². The molecule has 0 amide bonds. The molecule has 1 aliphatic heterocycles. The number of rotatable bonds is 9. The van der Waals surface area contributed by atoms with Crippen LogP contribution in [0.3, 0.4) is 0 Å². The van der Waals surface area contributed by atoms with E-state index in [4.69, 9.17) is 4.74 Å². The quantitative estimate of drug-likeness (QED) is 0.226. The number of aliphatic hydroxyl groups excluding tert-OH is 1. The molecule has 0 bridgehead atoms. The van der Waals surface area contributed by atoms with Crippen molar-refractivity contribution in [2.45, 2.75) is 12.5 Å². The maximum absolute atomic E-state index is 14.7. The Morgan fingerprint density at radius 2 is 1.80 bits per heavy atom.